The number of nitrogens with zero attached hydrogens (tertiary/aromatic N) is 1. The summed E-state index contributed by atoms with van der Waals surface area (Å²) in [6.45, 7) is 5.80. The molecule has 0 saturated heterocycles. The van der Waals surface area contributed by atoms with Crippen molar-refractivity contribution < 1.29 is 38.1 Å². The smallest absolute Gasteiger partial charge is 0.338 e. The first-order valence-electron chi connectivity index (χ1n) is 14.5. The molecule has 248 valence electrons. The minimum Gasteiger partial charge on any atom is -0.493 e. The predicted molar refractivity (Wildman–Crippen MR) is 184 cm³/mol. The van der Waals surface area contributed by atoms with E-state index >= 15 is 0 Å². The zero-order chi connectivity index (χ0) is 33.9. The second-order valence-corrected chi connectivity index (χ2v) is 11.6. The van der Waals surface area contributed by atoms with E-state index in [1.54, 1.807) is 50.2 Å². The number of hydrogen-bond donors (Lipinski definition) is 3. The second-order valence-electron chi connectivity index (χ2n) is 9.96. The van der Waals surface area contributed by atoms with E-state index in [1.807, 2.05) is 25.1 Å². The van der Waals surface area contributed by atoms with Gasteiger partial charge in [-0.15, -0.1) is 0 Å². The Morgan fingerprint density at radius 1 is 1.00 bits per heavy atom. The van der Waals surface area contributed by atoms with Gasteiger partial charge < -0.3 is 34.3 Å². The maximum absolute atomic E-state index is 12.6. The van der Waals surface area contributed by atoms with Crippen LogP contribution in [0.25, 0.3) is 0 Å². The third-order valence-corrected chi connectivity index (χ3v) is 7.73. The van der Waals surface area contributed by atoms with Crippen molar-refractivity contribution in [2.75, 3.05) is 26.9 Å². The van der Waals surface area contributed by atoms with Crippen molar-refractivity contribution in [2.45, 2.75) is 33.4 Å². The highest BCUT2D eigenvalue weighted by Crippen LogP contribution is 2.36. The molecule has 1 aliphatic heterocycles. The Balaban J connectivity index is 1.38. The fourth-order valence-electron chi connectivity index (χ4n) is 4.56. The third kappa shape index (κ3) is 9.51. The van der Waals surface area contributed by atoms with Gasteiger partial charge in [0.1, 0.15) is 6.61 Å². The summed E-state index contributed by atoms with van der Waals surface area (Å²) in [5, 5.41) is 10.0. The Morgan fingerprint density at radius 2 is 1.77 bits per heavy atom. The summed E-state index contributed by atoms with van der Waals surface area (Å²) in [6.07, 6.45) is 1.49. The number of methoxy groups -OCH3 is 1. The van der Waals surface area contributed by atoms with E-state index in [0.717, 1.165) is 9.13 Å². The van der Waals surface area contributed by atoms with E-state index < -0.39 is 23.9 Å². The number of halogens is 2. The maximum Gasteiger partial charge on any atom is 0.338 e. The van der Waals surface area contributed by atoms with Gasteiger partial charge in [0, 0.05) is 10.7 Å². The van der Waals surface area contributed by atoms with E-state index in [4.69, 9.17) is 35.3 Å². The number of benzene rings is 3. The lowest BCUT2D eigenvalue weighted by Crippen LogP contribution is -2.45. The number of carbonyl (C=O) groups is 3. The molecule has 12 nitrogen and oxygen atoms in total. The van der Waals surface area contributed by atoms with Crippen molar-refractivity contribution in [3.8, 4) is 23.0 Å². The van der Waals surface area contributed by atoms with Crippen LogP contribution in [-0.2, 0) is 20.9 Å². The largest absolute Gasteiger partial charge is 0.493 e. The summed E-state index contributed by atoms with van der Waals surface area (Å²) >= 11 is 8.14. The van der Waals surface area contributed by atoms with Crippen LogP contribution in [0.3, 0.4) is 0 Å². The molecule has 0 unspecified atom stereocenters. The van der Waals surface area contributed by atoms with Crippen LogP contribution in [0.2, 0.25) is 5.02 Å². The van der Waals surface area contributed by atoms with Crippen LogP contribution < -0.4 is 35.0 Å². The summed E-state index contributed by atoms with van der Waals surface area (Å²) in [7, 11) is 1.44. The first-order chi connectivity index (χ1) is 22.6. The summed E-state index contributed by atoms with van der Waals surface area (Å²) in [5.41, 5.74) is 5.30. The van der Waals surface area contributed by atoms with Crippen LogP contribution in [0.1, 0.15) is 43.5 Å². The maximum atomic E-state index is 12.6. The average Bonchev–Trinajstić information content (AvgIpc) is 3.04. The molecule has 0 fully saturated rings. The number of hydrogen-bond acceptors (Lipinski definition) is 9. The predicted octanol–water partition coefficient (Wildman–Crippen LogP) is 5.65. The van der Waals surface area contributed by atoms with Crippen LogP contribution in [-0.4, -0.2) is 51.1 Å². The van der Waals surface area contributed by atoms with Crippen molar-refractivity contribution in [2.24, 2.45) is 5.10 Å². The molecular weight excluding hydrogens is 743 g/mol. The minimum atomic E-state index is -0.779. The van der Waals surface area contributed by atoms with Crippen LogP contribution in [0.4, 0.5) is 4.79 Å². The van der Waals surface area contributed by atoms with Crippen molar-refractivity contribution in [3.05, 3.63) is 91.2 Å². The summed E-state index contributed by atoms with van der Waals surface area (Å²) < 4.78 is 29.0. The van der Waals surface area contributed by atoms with Gasteiger partial charge in [-0.3, -0.25) is 4.79 Å². The molecule has 0 aromatic heterocycles. The van der Waals surface area contributed by atoms with Gasteiger partial charge in [-0.25, -0.2) is 15.0 Å². The number of hydrazone groups is 1. The van der Waals surface area contributed by atoms with Crippen LogP contribution in [0.15, 0.2) is 71.0 Å². The summed E-state index contributed by atoms with van der Waals surface area (Å²) in [4.78, 5) is 37.4. The van der Waals surface area contributed by atoms with E-state index in [-0.39, 0.29) is 24.5 Å². The summed E-state index contributed by atoms with van der Waals surface area (Å²) in [5.74, 6) is 0.653. The molecule has 0 spiro atoms. The van der Waals surface area contributed by atoms with Gasteiger partial charge in [-0.1, -0.05) is 29.8 Å². The monoisotopic (exact) mass is 776 g/mol. The molecule has 1 heterocycles. The minimum absolute atomic E-state index is 0.180. The summed E-state index contributed by atoms with van der Waals surface area (Å²) in [6, 6.07) is 14.7. The molecule has 0 saturated carbocycles. The number of allylic oxidation sites excluding steroid dienone is 1. The zero-order valence-electron chi connectivity index (χ0n) is 26.1. The normalized spacial score (nSPS) is 14.3. The molecule has 3 amide bonds. The average molecular weight is 777 g/mol. The molecule has 1 atom stereocenters. The van der Waals surface area contributed by atoms with Gasteiger partial charge in [-0.05, 0) is 96.5 Å². The molecule has 0 radical (unpaired) electrons. The molecule has 47 heavy (non-hydrogen) atoms. The van der Waals surface area contributed by atoms with Gasteiger partial charge in [-0.2, -0.15) is 5.10 Å². The zero-order valence-corrected chi connectivity index (χ0v) is 29.1. The lowest BCUT2D eigenvalue weighted by atomic mass is 9.95. The van der Waals surface area contributed by atoms with E-state index in [9.17, 15) is 14.4 Å². The molecule has 4 rings (SSSR count). The topological polar surface area (TPSA) is 146 Å². The Labute approximate surface area is 290 Å². The molecule has 3 N–H and O–H groups in total. The standard InChI is InChI=1S/C33H34ClIN4O8/c1-5-44-27-14-21(13-24(35)31(27)47-17-20-7-10-23(34)11-8-20)16-36-39-28(40)18-46-25-12-9-22(15-26(25)43-4)30-29(32(41)45-6-2)19(3)37-33(42)38-30/h7-16,30H,5-6,17-18H2,1-4H3,(H,39,40)(H2,37,38,42)/b36-16+/t30-/m1/s1. The number of rotatable bonds is 14. The SMILES string of the molecule is CCOC(=O)C1=C(C)NC(=O)N[C@@H]1c1ccc(OCC(=O)N/N=C/c2cc(I)c(OCc3ccc(Cl)cc3)c(OCC)c2)c(OC)c1. The van der Waals surface area contributed by atoms with E-state index in [0.29, 0.717) is 52.3 Å². The van der Waals surface area contributed by atoms with E-state index in [2.05, 4.69) is 43.8 Å². The Hall–Kier alpha value is -4.50. The van der Waals surface area contributed by atoms with Crippen molar-refractivity contribution in [1.29, 1.82) is 0 Å². The number of urea groups is 1. The first-order valence-corrected chi connectivity index (χ1v) is 16.0. The highest BCUT2D eigenvalue weighted by atomic mass is 127. The van der Waals surface area contributed by atoms with Crippen LogP contribution in [0, 0.1) is 3.57 Å². The molecule has 1 aliphatic rings. The number of amides is 3. The van der Waals surface area contributed by atoms with Gasteiger partial charge >= 0.3 is 12.0 Å². The molecule has 3 aromatic rings. The molecular formula is C33H34ClIN4O8. The quantitative estimate of drug-likeness (QED) is 0.0825. The lowest BCUT2D eigenvalue weighted by Gasteiger charge is -2.28. The Bertz CT molecular complexity index is 1680. The Morgan fingerprint density at radius 3 is 2.47 bits per heavy atom. The van der Waals surface area contributed by atoms with Gasteiger partial charge in [0.25, 0.3) is 5.91 Å². The van der Waals surface area contributed by atoms with E-state index in [1.165, 1.54) is 13.3 Å². The number of nitrogens with one attached hydrogen (secondary N) is 3. The Kier molecular flexibility index (Phi) is 12.7. The fourth-order valence-corrected chi connectivity index (χ4v) is 5.47. The van der Waals surface area contributed by atoms with Gasteiger partial charge in [0.2, 0.25) is 0 Å². The highest BCUT2D eigenvalue weighted by Gasteiger charge is 2.32. The van der Waals surface area contributed by atoms with Crippen LogP contribution >= 0.6 is 34.2 Å². The molecule has 14 heteroatoms. The molecule has 0 bridgehead atoms. The number of ether oxygens (including phenoxy) is 5. The van der Waals surface area contributed by atoms with Crippen molar-refractivity contribution >= 4 is 58.3 Å². The van der Waals surface area contributed by atoms with Gasteiger partial charge in [0.05, 0.1) is 41.7 Å². The highest BCUT2D eigenvalue weighted by molar-refractivity contribution is 14.1. The van der Waals surface area contributed by atoms with Crippen molar-refractivity contribution in [1.82, 2.24) is 16.1 Å². The number of carbonyl (C=O) groups excluding carboxylic acids is 3. The van der Waals surface area contributed by atoms with Crippen LogP contribution in [0.5, 0.6) is 23.0 Å². The van der Waals surface area contributed by atoms with Gasteiger partial charge in [0.15, 0.2) is 29.6 Å². The second kappa shape index (κ2) is 16.9. The molecule has 3 aromatic carbocycles. The van der Waals surface area contributed by atoms with Crippen molar-refractivity contribution in [3.63, 3.8) is 0 Å². The fraction of sp³-hybridized carbons (Fsp3) is 0.273. The lowest BCUT2D eigenvalue weighted by molar-refractivity contribution is -0.139. The third-order valence-electron chi connectivity index (χ3n) is 6.68. The first kappa shape index (κ1) is 35.4. The molecule has 0 aliphatic carbocycles. The number of esters is 1.